The molecule has 1 N–H and O–H groups in total. The van der Waals surface area contributed by atoms with Gasteiger partial charge in [0.15, 0.2) is 0 Å². The van der Waals surface area contributed by atoms with Crippen molar-refractivity contribution in [2.75, 3.05) is 7.05 Å². The van der Waals surface area contributed by atoms with Crippen molar-refractivity contribution >= 4 is 27.3 Å². The van der Waals surface area contributed by atoms with Crippen molar-refractivity contribution in [2.45, 2.75) is 32.2 Å². The van der Waals surface area contributed by atoms with Crippen LogP contribution in [0.2, 0.25) is 0 Å². The van der Waals surface area contributed by atoms with Crippen molar-refractivity contribution in [3.05, 3.63) is 56.2 Å². The summed E-state index contributed by atoms with van der Waals surface area (Å²) in [5, 5.41) is 5.60. The van der Waals surface area contributed by atoms with E-state index in [-0.39, 0.29) is 6.04 Å². The molecule has 0 fully saturated rings. The average molecular weight is 338 g/mol. The van der Waals surface area contributed by atoms with Crippen LogP contribution in [-0.2, 0) is 6.42 Å². The standard InChI is InChI=1S/C16H20BrNS/c1-3-4-5-12-6-8-13(9-7-12)16(18-2)14-10-15(17)19-11-14/h6-11,16,18H,3-5H2,1-2H3. The van der Waals surface area contributed by atoms with Crippen molar-refractivity contribution < 1.29 is 0 Å². The molecule has 0 radical (unpaired) electrons. The first kappa shape index (κ1) is 14.8. The molecule has 1 heterocycles. The molecule has 0 saturated carbocycles. The van der Waals surface area contributed by atoms with Crippen LogP contribution in [0.1, 0.15) is 42.5 Å². The van der Waals surface area contributed by atoms with Crippen LogP contribution in [-0.4, -0.2) is 7.05 Å². The van der Waals surface area contributed by atoms with E-state index in [0.29, 0.717) is 0 Å². The fourth-order valence-corrected chi connectivity index (χ4v) is 3.46. The van der Waals surface area contributed by atoms with Gasteiger partial charge in [-0.2, -0.15) is 0 Å². The highest BCUT2D eigenvalue weighted by atomic mass is 79.9. The number of hydrogen-bond donors (Lipinski definition) is 1. The highest BCUT2D eigenvalue weighted by Crippen LogP contribution is 2.29. The third-order valence-corrected chi connectivity index (χ3v) is 4.86. The lowest BCUT2D eigenvalue weighted by molar-refractivity contribution is 0.693. The zero-order valence-corrected chi connectivity index (χ0v) is 13.9. The van der Waals surface area contributed by atoms with E-state index in [2.05, 4.69) is 63.9 Å². The molecule has 3 heteroatoms. The second-order valence-electron chi connectivity index (χ2n) is 4.75. The van der Waals surface area contributed by atoms with Crippen molar-refractivity contribution in [1.82, 2.24) is 5.32 Å². The summed E-state index contributed by atoms with van der Waals surface area (Å²) < 4.78 is 1.18. The molecule has 2 aromatic rings. The molecule has 0 aliphatic heterocycles. The molecule has 102 valence electrons. The molecule has 1 aromatic heterocycles. The summed E-state index contributed by atoms with van der Waals surface area (Å²) in [6, 6.07) is 11.5. The fraction of sp³-hybridized carbons (Fsp3) is 0.375. The Hall–Kier alpha value is -0.640. The van der Waals surface area contributed by atoms with Gasteiger partial charge in [0.25, 0.3) is 0 Å². The largest absolute Gasteiger partial charge is 0.309 e. The van der Waals surface area contributed by atoms with E-state index in [1.165, 1.54) is 39.7 Å². The number of thiophene rings is 1. The number of hydrogen-bond acceptors (Lipinski definition) is 2. The number of benzene rings is 1. The summed E-state index contributed by atoms with van der Waals surface area (Å²) in [5.74, 6) is 0. The molecule has 1 unspecified atom stereocenters. The van der Waals surface area contributed by atoms with Crippen LogP contribution in [0.4, 0.5) is 0 Å². The van der Waals surface area contributed by atoms with Gasteiger partial charge in [-0.15, -0.1) is 11.3 Å². The summed E-state index contributed by atoms with van der Waals surface area (Å²) in [4.78, 5) is 0. The van der Waals surface area contributed by atoms with E-state index in [9.17, 15) is 0 Å². The molecule has 19 heavy (non-hydrogen) atoms. The zero-order chi connectivity index (χ0) is 13.7. The molecule has 0 spiro atoms. The van der Waals surface area contributed by atoms with E-state index >= 15 is 0 Å². The van der Waals surface area contributed by atoms with Crippen molar-refractivity contribution in [1.29, 1.82) is 0 Å². The SMILES string of the molecule is CCCCc1ccc(C(NC)c2csc(Br)c2)cc1. The van der Waals surface area contributed by atoms with Crippen molar-refractivity contribution in [3.63, 3.8) is 0 Å². The lowest BCUT2D eigenvalue weighted by Gasteiger charge is -2.16. The van der Waals surface area contributed by atoms with Crippen LogP contribution >= 0.6 is 27.3 Å². The Morgan fingerprint density at radius 3 is 2.47 bits per heavy atom. The summed E-state index contributed by atoms with van der Waals surface area (Å²) in [7, 11) is 2.02. The lowest BCUT2D eigenvalue weighted by atomic mass is 9.99. The average Bonchev–Trinajstić information content (AvgIpc) is 2.85. The number of halogens is 1. The quantitative estimate of drug-likeness (QED) is 0.767. The van der Waals surface area contributed by atoms with Crippen LogP contribution < -0.4 is 5.32 Å². The summed E-state index contributed by atoms with van der Waals surface area (Å²) >= 11 is 5.27. The first-order valence-electron chi connectivity index (χ1n) is 6.74. The van der Waals surface area contributed by atoms with E-state index in [0.717, 1.165) is 0 Å². The molecule has 0 bridgehead atoms. The zero-order valence-electron chi connectivity index (χ0n) is 11.4. The predicted octanol–water partition coefficient (Wildman–Crippen LogP) is 5.16. The fourth-order valence-electron chi connectivity index (χ4n) is 2.26. The van der Waals surface area contributed by atoms with Gasteiger partial charge in [-0.05, 0) is 64.0 Å². The van der Waals surface area contributed by atoms with Crippen LogP contribution in [0.5, 0.6) is 0 Å². The Morgan fingerprint density at radius 1 is 1.21 bits per heavy atom. The van der Waals surface area contributed by atoms with Gasteiger partial charge in [-0.1, -0.05) is 37.6 Å². The minimum atomic E-state index is 0.280. The monoisotopic (exact) mass is 337 g/mol. The number of nitrogens with one attached hydrogen (secondary N) is 1. The Bertz CT molecular complexity index is 504. The van der Waals surface area contributed by atoms with Gasteiger partial charge in [-0.25, -0.2) is 0 Å². The normalized spacial score (nSPS) is 12.6. The van der Waals surface area contributed by atoms with Gasteiger partial charge in [-0.3, -0.25) is 0 Å². The highest BCUT2D eigenvalue weighted by molar-refractivity contribution is 9.11. The van der Waals surface area contributed by atoms with Gasteiger partial charge in [0, 0.05) is 0 Å². The van der Waals surface area contributed by atoms with Gasteiger partial charge in [0.05, 0.1) is 9.83 Å². The summed E-state index contributed by atoms with van der Waals surface area (Å²) in [6.07, 6.45) is 3.71. The second-order valence-corrected chi connectivity index (χ2v) is 7.04. The molecule has 1 atom stereocenters. The molecule has 0 saturated heterocycles. The third kappa shape index (κ3) is 3.91. The number of aryl methyl sites for hydroxylation is 1. The first-order chi connectivity index (χ1) is 9.24. The van der Waals surface area contributed by atoms with E-state index in [1.54, 1.807) is 11.3 Å². The maximum atomic E-state index is 3.53. The molecule has 1 nitrogen and oxygen atoms in total. The lowest BCUT2D eigenvalue weighted by Crippen LogP contribution is -2.16. The van der Waals surface area contributed by atoms with Crippen LogP contribution in [0.3, 0.4) is 0 Å². The molecular weight excluding hydrogens is 318 g/mol. The molecule has 0 aliphatic rings. The van der Waals surface area contributed by atoms with Gasteiger partial charge in [0.1, 0.15) is 0 Å². The molecular formula is C16H20BrNS. The van der Waals surface area contributed by atoms with Crippen LogP contribution in [0.25, 0.3) is 0 Å². The van der Waals surface area contributed by atoms with E-state index in [1.807, 2.05) is 7.05 Å². The maximum Gasteiger partial charge on any atom is 0.0701 e. The first-order valence-corrected chi connectivity index (χ1v) is 8.42. The molecule has 2 rings (SSSR count). The van der Waals surface area contributed by atoms with E-state index < -0.39 is 0 Å². The maximum absolute atomic E-state index is 3.53. The van der Waals surface area contributed by atoms with Crippen LogP contribution in [0.15, 0.2) is 39.5 Å². The Labute approximate surface area is 128 Å². The van der Waals surface area contributed by atoms with E-state index in [4.69, 9.17) is 0 Å². The highest BCUT2D eigenvalue weighted by Gasteiger charge is 2.13. The minimum Gasteiger partial charge on any atom is -0.309 e. The number of unbranched alkanes of at least 4 members (excludes halogenated alkanes) is 1. The minimum absolute atomic E-state index is 0.280. The van der Waals surface area contributed by atoms with Gasteiger partial charge in [0.2, 0.25) is 0 Å². The smallest absolute Gasteiger partial charge is 0.0701 e. The van der Waals surface area contributed by atoms with Crippen molar-refractivity contribution in [2.24, 2.45) is 0 Å². The van der Waals surface area contributed by atoms with Gasteiger partial charge < -0.3 is 5.32 Å². The molecule has 0 aliphatic carbocycles. The van der Waals surface area contributed by atoms with Gasteiger partial charge >= 0.3 is 0 Å². The summed E-state index contributed by atoms with van der Waals surface area (Å²) in [5.41, 5.74) is 4.08. The predicted molar refractivity (Wildman–Crippen MR) is 88.0 cm³/mol. The topological polar surface area (TPSA) is 12.0 Å². The van der Waals surface area contributed by atoms with Crippen LogP contribution in [0, 0.1) is 0 Å². The number of rotatable bonds is 6. The van der Waals surface area contributed by atoms with Crippen molar-refractivity contribution in [3.8, 4) is 0 Å². The Morgan fingerprint density at radius 2 is 1.95 bits per heavy atom. The Kier molecular flexibility index (Phi) is 5.61. The molecule has 0 amide bonds. The third-order valence-electron chi connectivity index (χ3n) is 3.34. The Balaban J connectivity index is 2.15. The second kappa shape index (κ2) is 7.22. The molecule has 1 aromatic carbocycles. The summed E-state index contributed by atoms with van der Waals surface area (Å²) in [6.45, 7) is 2.24.